The molecule has 1 amide bonds. The molecule has 0 bridgehead atoms. The number of carbonyl (C=O) groups is 1. The van der Waals surface area contributed by atoms with E-state index in [1.54, 1.807) is 0 Å². The number of fused-ring (bicyclic) bond motifs is 2. The average molecular weight is 338 g/mol. The van der Waals surface area contributed by atoms with Crippen molar-refractivity contribution in [1.82, 2.24) is 0 Å². The molecule has 24 heavy (non-hydrogen) atoms. The van der Waals surface area contributed by atoms with Crippen LogP contribution in [0.5, 0.6) is 0 Å². The minimum Gasteiger partial charge on any atom is -0.397 e. The van der Waals surface area contributed by atoms with E-state index >= 15 is 0 Å². The van der Waals surface area contributed by atoms with E-state index in [0.29, 0.717) is 10.6 Å². The summed E-state index contributed by atoms with van der Waals surface area (Å²) < 4.78 is 0. The van der Waals surface area contributed by atoms with Crippen LogP contribution in [0.1, 0.15) is 32.9 Å². The molecule has 2 aromatic heterocycles. The summed E-state index contributed by atoms with van der Waals surface area (Å²) >= 11 is 1.46. The van der Waals surface area contributed by atoms with Gasteiger partial charge in [-0.15, -0.1) is 0 Å². The Labute approximate surface area is 144 Å². The summed E-state index contributed by atoms with van der Waals surface area (Å²) in [5.74, 6) is 0.00584. The summed E-state index contributed by atoms with van der Waals surface area (Å²) in [5.41, 5.74) is 11.4. The molecular weight excluding hydrogens is 318 g/mol. The zero-order valence-electron chi connectivity index (χ0n) is 13.8. The summed E-state index contributed by atoms with van der Waals surface area (Å²) in [7, 11) is 0. The molecule has 122 valence electrons. The number of nitrogens with zero attached hydrogens (tertiary/aromatic N) is 1. The second-order valence-electron chi connectivity index (χ2n) is 6.37. The number of aromatic nitrogens is 1. The Balaban J connectivity index is 1.83. The normalized spacial score (nSPS) is 14.0. The first-order valence-corrected chi connectivity index (χ1v) is 8.99. The van der Waals surface area contributed by atoms with Gasteiger partial charge in [0.05, 0.1) is 11.1 Å². The van der Waals surface area contributed by atoms with Gasteiger partial charge in [-0.25, -0.2) is 0 Å². The number of benzene rings is 1. The molecule has 1 aliphatic rings. The summed E-state index contributed by atoms with van der Waals surface area (Å²) in [6, 6.07) is 10.2. The van der Waals surface area contributed by atoms with Gasteiger partial charge in [0.25, 0.3) is 10.7 Å². The van der Waals surface area contributed by atoms with E-state index in [1.807, 2.05) is 36.9 Å². The lowest BCUT2D eigenvalue weighted by Gasteiger charge is -2.29. The predicted octanol–water partition coefficient (Wildman–Crippen LogP) is 3.51. The lowest BCUT2D eigenvalue weighted by atomic mass is 10.0. The Kier molecular flexibility index (Phi) is 3.53. The van der Waals surface area contributed by atoms with Crippen LogP contribution in [0, 0.1) is 13.8 Å². The highest BCUT2D eigenvalue weighted by molar-refractivity contribution is 7.21. The molecule has 0 atom stereocenters. The Morgan fingerprint density at radius 3 is 2.92 bits per heavy atom. The van der Waals surface area contributed by atoms with Gasteiger partial charge in [-0.2, -0.15) is 4.98 Å². The van der Waals surface area contributed by atoms with Crippen LogP contribution in [0.2, 0.25) is 0 Å². The van der Waals surface area contributed by atoms with Crippen molar-refractivity contribution in [1.29, 1.82) is 0 Å². The first-order chi connectivity index (χ1) is 11.6. The number of para-hydroxylation sites is 1. The lowest BCUT2D eigenvalue weighted by molar-refractivity contribution is -0.351. The summed E-state index contributed by atoms with van der Waals surface area (Å²) in [4.78, 5) is 20.0. The molecule has 3 N–H and O–H groups in total. The van der Waals surface area contributed by atoms with Gasteiger partial charge in [-0.3, -0.25) is 4.79 Å². The van der Waals surface area contributed by atoms with Gasteiger partial charge < -0.3 is 10.6 Å². The maximum atomic E-state index is 13.2. The van der Waals surface area contributed by atoms with Gasteiger partial charge in [0, 0.05) is 25.2 Å². The van der Waals surface area contributed by atoms with E-state index in [1.165, 1.54) is 16.9 Å². The number of anilines is 2. The Bertz CT molecular complexity index is 961. The van der Waals surface area contributed by atoms with Crippen LogP contribution >= 0.6 is 11.3 Å². The van der Waals surface area contributed by atoms with Gasteiger partial charge in [0.2, 0.25) is 0 Å². The first kappa shape index (κ1) is 15.1. The number of thiophene rings is 1. The van der Waals surface area contributed by atoms with Crippen LogP contribution < -0.4 is 15.6 Å². The maximum Gasteiger partial charge on any atom is 0.270 e. The van der Waals surface area contributed by atoms with E-state index in [2.05, 4.69) is 17.1 Å². The Morgan fingerprint density at radius 1 is 1.29 bits per heavy atom. The van der Waals surface area contributed by atoms with Gasteiger partial charge in [0.1, 0.15) is 4.88 Å². The third kappa shape index (κ3) is 2.27. The number of nitrogens with one attached hydrogen (secondary N) is 1. The highest BCUT2D eigenvalue weighted by Crippen LogP contribution is 2.36. The van der Waals surface area contributed by atoms with Crippen molar-refractivity contribution in [3.63, 3.8) is 0 Å². The monoisotopic (exact) mass is 338 g/mol. The molecule has 0 spiro atoms. The van der Waals surface area contributed by atoms with Crippen molar-refractivity contribution in [3.8, 4) is 0 Å². The fourth-order valence-electron chi connectivity index (χ4n) is 3.56. The van der Waals surface area contributed by atoms with Crippen LogP contribution in [-0.2, 0) is 6.42 Å². The number of hydrogen-bond donors (Lipinski definition) is 1. The van der Waals surface area contributed by atoms with Crippen molar-refractivity contribution in [3.05, 3.63) is 52.0 Å². The zero-order chi connectivity index (χ0) is 16.8. The zero-order valence-corrected chi connectivity index (χ0v) is 14.7. The Hall–Kier alpha value is -2.40. The largest absolute Gasteiger partial charge is 0.397 e. The van der Waals surface area contributed by atoms with Crippen LogP contribution in [0.3, 0.4) is 0 Å². The number of aromatic amines is 1. The molecule has 0 radical (unpaired) electrons. The van der Waals surface area contributed by atoms with E-state index in [0.717, 1.165) is 46.5 Å². The number of amides is 1. The number of nitrogens with two attached hydrogens (primary N) is 1. The molecule has 1 aromatic carbocycles. The average Bonchev–Trinajstić information content (AvgIpc) is 2.90. The maximum absolute atomic E-state index is 13.2. The third-order valence-electron chi connectivity index (χ3n) is 4.63. The number of nitrogen functional groups attached to an aromatic ring is 1. The summed E-state index contributed by atoms with van der Waals surface area (Å²) in [6.07, 6.45) is 2.01. The number of pyridine rings is 1. The van der Waals surface area contributed by atoms with Crippen LogP contribution in [0.4, 0.5) is 11.4 Å². The second-order valence-corrected chi connectivity index (χ2v) is 7.39. The number of aryl methyl sites for hydroxylation is 3. The number of H-pyrrole nitrogens is 1. The molecule has 1 aliphatic heterocycles. The fraction of sp³-hybridized carbons (Fsp3) is 0.263. The summed E-state index contributed by atoms with van der Waals surface area (Å²) in [6.45, 7) is 4.80. The van der Waals surface area contributed by atoms with E-state index in [9.17, 15) is 4.79 Å². The topological polar surface area (TPSA) is 60.5 Å². The van der Waals surface area contributed by atoms with Crippen LogP contribution in [-0.4, -0.2) is 12.5 Å². The third-order valence-corrected chi connectivity index (χ3v) is 5.74. The fourth-order valence-corrected chi connectivity index (χ4v) is 4.76. The molecule has 3 aromatic rings. The smallest absolute Gasteiger partial charge is 0.270 e. The van der Waals surface area contributed by atoms with Crippen LogP contribution in [0.25, 0.3) is 10.2 Å². The van der Waals surface area contributed by atoms with Crippen LogP contribution in [0.15, 0.2) is 30.3 Å². The molecular formula is C19H20N3OS+. The van der Waals surface area contributed by atoms with E-state index in [4.69, 9.17) is 5.73 Å². The highest BCUT2D eigenvalue weighted by Gasteiger charge is 2.29. The lowest BCUT2D eigenvalue weighted by Crippen LogP contribution is -2.35. The van der Waals surface area contributed by atoms with Crippen molar-refractivity contribution in [2.24, 2.45) is 0 Å². The molecule has 0 fully saturated rings. The van der Waals surface area contributed by atoms with Gasteiger partial charge in [0.15, 0.2) is 5.69 Å². The first-order valence-electron chi connectivity index (χ1n) is 8.17. The molecule has 0 saturated carbocycles. The quantitative estimate of drug-likeness (QED) is 0.738. The van der Waals surface area contributed by atoms with E-state index < -0.39 is 0 Å². The molecule has 0 unspecified atom stereocenters. The number of carbonyl (C=O) groups excluding carboxylic acids is 1. The predicted molar refractivity (Wildman–Crippen MR) is 98.7 cm³/mol. The minimum atomic E-state index is 0.00584. The second kappa shape index (κ2) is 5.60. The van der Waals surface area contributed by atoms with Crippen molar-refractivity contribution in [2.45, 2.75) is 26.7 Å². The molecule has 0 saturated heterocycles. The molecule has 3 heterocycles. The van der Waals surface area contributed by atoms with Crippen molar-refractivity contribution < 1.29 is 9.78 Å². The highest BCUT2D eigenvalue weighted by atomic mass is 32.1. The van der Waals surface area contributed by atoms with Gasteiger partial charge in [-0.05, 0) is 37.0 Å². The number of hydrogen-bond acceptors (Lipinski definition) is 3. The van der Waals surface area contributed by atoms with Crippen molar-refractivity contribution in [2.75, 3.05) is 17.2 Å². The molecule has 4 nitrogen and oxygen atoms in total. The Morgan fingerprint density at radius 2 is 2.08 bits per heavy atom. The van der Waals surface area contributed by atoms with E-state index in [-0.39, 0.29) is 5.91 Å². The molecule has 5 heteroatoms. The van der Waals surface area contributed by atoms with Crippen molar-refractivity contribution >= 4 is 38.8 Å². The van der Waals surface area contributed by atoms with Gasteiger partial charge >= 0.3 is 0 Å². The molecule has 4 rings (SSSR count). The molecule has 0 aliphatic carbocycles. The number of rotatable bonds is 1. The summed E-state index contributed by atoms with van der Waals surface area (Å²) in [5, 5.41) is 0.972. The minimum absolute atomic E-state index is 0.00584. The van der Waals surface area contributed by atoms with Gasteiger partial charge in [-0.1, -0.05) is 29.5 Å². The SMILES string of the molecule is Cc1cc(C)c2c(N)c(C(=O)N3CCCc4ccccc43)sc2[nH+]1. The standard InChI is InChI=1S/C19H19N3OS/c1-11-10-12(2)21-18-15(11)16(20)17(24-18)19(23)22-9-5-7-13-6-3-4-8-14(13)22/h3-4,6,8,10H,5,7,9,20H2,1-2H3/p+1.